The minimum Gasteiger partial charge on any atom is -0.182 e. The van der Waals surface area contributed by atoms with Crippen LogP contribution < -0.4 is 0 Å². The predicted molar refractivity (Wildman–Crippen MR) is 67.4 cm³/mol. The lowest BCUT2D eigenvalue weighted by Crippen LogP contribution is -2.32. The average Bonchev–Trinajstić information content (AvgIpc) is 2.07. The third-order valence-corrected chi connectivity index (χ3v) is 13.7. The summed E-state index contributed by atoms with van der Waals surface area (Å²) in [6.07, 6.45) is 9.21. The summed E-state index contributed by atoms with van der Waals surface area (Å²) in [6.45, 7) is 2.51. The highest BCUT2D eigenvalue weighted by Crippen LogP contribution is 2.71. The van der Waals surface area contributed by atoms with E-state index in [0.717, 1.165) is 10.5 Å². The van der Waals surface area contributed by atoms with E-state index in [4.69, 9.17) is 0 Å². The monoisotopic (exact) mass is 298 g/mol. The molecule has 72 valence electrons. The molecule has 0 aromatic rings. The minimum atomic E-state index is -0.191. The highest BCUT2D eigenvalue weighted by molar-refractivity contribution is 14.2. The van der Waals surface area contributed by atoms with Gasteiger partial charge in [-0.05, 0) is 63.1 Å². The molecule has 0 aliphatic carbocycles. The van der Waals surface area contributed by atoms with Crippen molar-refractivity contribution in [3.05, 3.63) is 0 Å². The summed E-state index contributed by atoms with van der Waals surface area (Å²) < 4.78 is 0. The third kappa shape index (κ3) is 1.54. The highest BCUT2D eigenvalue weighted by atomic mass is 127. The molecule has 2 saturated heterocycles. The zero-order valence-corrected chi connectivity index (χ0v) is 10.9. The molecule has 0 aromatic heterocycles. The van der Waals surface area contributed by atoms with Gasteiger partial charge in [0.2, 0.25) is 0 Å². The van der Waals surface area contributed by atoms with Crippen molar-refractivity contribution in [2.75, 3.05) is 5.75 Å². The molecule has 2 heterocycles. The van der Waals surface area contributed by atoms with Gasteiger partial charge in [-0.1, -0.05) is 19.8 Å². The molecule has 0 amide bonds. The van der Waals surface area contributed by atoms with Gasteiger partial charge in [0, 0.05) is 0 Å². The summed E-state index contributed by atoms with van der Waals surface area (Å²) in [7, 11) is -0.191. The quantitative estimate of drug-likeness (QED) is 0.586. The Hall–Kier alpha value is 1.08. The Morgan fingerprint density at radius 2 is 1.83 bits per heavy atom. The Morgan fingerprint density at radius 1 is 1.08 bits per heavy atom. The van der Waals surface area contributed by atoms with Crippen LogP contribution in [-0.2, 0) is 0 Å². The van der Waals surface area contributed by atoms with Crippen LogP contribution in [0.2, 0.25) is 0 Å². The molecular weight excluding hydrogens is 279 g/mol. The van der Waals surface area contributed by atoms with Crippen LogP contribution in [0.1, 0.15) is 45.4 Å². The molecule has 0 saturated carbocycles. The Labute approximate surface area is 89.8 Å². The summed E-state index contributed by atoms with van der Waals surface area (Å²) >= 11 is 2.88. The van der Waals surface area contributed by atoms with Crippen molar-refractivity contribution in [2.24, 2.45) is 0 Å². The zero-order valence-electron chi connectivity index (χ0n) is 7.89. The molecule has 0 N–H and O–H groups in total. The number of hydrogen-bond donors (Lipinski definition) is 0. The summed E-state index contributed by atoms with van der Waals surface area (Å²) in [5.74, 6) is 1.58. The maximum atomic E-state index is 2.88. The Kier molecular flexibility index (Phi) is 2.95. The van der Waals surface area contributed by atoms with Gasteiger partial charge in [0.05, 0.1) is 0 Å². The van der Waals surface area contributed by atoms with Crippen molar-refractivity contribution in [3.63, 3.8) is 0 Å². The number of rotatable bonds is 0. The molecule has 2 rings (SSSR count). The van der Waals surface area contributed by atoms with E-state index in [0.29, 0.717) is 0 Å². The predicted octanol–water partition coefficient (Wildman–Crippen LogP) is 4.27. The lowest BCUT2D eigenvalue weighted by molar-refractivity contribution is 0.550. The smallest absolute Gasteiger partial charge is 0.00264 e. The fraction of sp³-hybridized carbons (Fsp3) is 1.00. The Bertz CT molecular complexity index is 169. The van der Waals surface area contributed by atoms with E-state index in [1.54, 1.807) is 18.6 Å². The van der Waals surface area contributed by atoms with Crippen LogP contribution in [0.5, 0.6) is 0 Å². The van der Waals surface area contributed by atoms with Gasteiger partial charge in [-0.2, -0.15) is 7.20 Å². The van der Waals surface area contributed by atoms with Crippen LogP contribution in [0.25, 0.3) is 0 Å². The van der Waals surface area contributed by atoms with Gasteiger partial charge in [0.25, 0.3) is 0 Å². The van der Waals surface area contributed by atoms with Crippen molar-refractivity contribution in [1.82, 2.24) is 0 Å². The van der Waals surface area contributed by atoms with Crippen LogP contribution in [0.15, 0.2) is 0 Å². The first-order valence-electron chi connectivity index (χ1n) is 5.22. The molecule has 2 aliphatic heterocycles. The summed E-state index contributed by atoms with van der Waals surface area (Å²) in [5, 5.41) is 2.22. The maximum Gasteiger partial charge on any atom is -0.00264 e. The van der Waals surface area contributed by atoms with Crippen molar-refractivity contribution >= 4 is 28.4 Å². The lowest BCUT2D eigenvalue weighted by Gasteiger charge is -2.52. The van der Waals surface area contributed by atoms with Crippen LogP contribution in [0, 0.1) is 0 Å². The van der Waals surface area contributed by atoms with Crippen molar-refractivity contribution in [3.8, 4) is 0 Å². The van der Waals surface area contributed by atoms with Crippen molar-refractivity contribution < 1.29 is 0 Å². The second kappa shape index (κ2) is 3.68. The van der Waals surface area contributed by atoms with E-state index >= 15 is 0 Å². The maximum absolute atomic E-state index is 2.88. The molecule has 12 heavy (non-hydrogen) atoms. The molecule has 0 aromatic carbocycles. The summed E-state index contributed by atoms with van der Waals surface area (Å²) in [6, 6.07) is 0. The molecule has 2 fully saturated rings. The van der Waals surface area contributed by atoms with E-state index in [1.807, 2.05) is 0 Å². The molecule has 0 bridgehead atoms. The molecule has 2 aliphatic rings. The first-order valence-corrected chi connectivity index (χ1v) is 9.69. The standard InChI is InChI=1S/C10H19IS/c1-9-5-4-7-10-6-2-3-8-12(9,10)11/h9-10H,2-8H2,1H3. The molecule has 0 nitrogen and oxygen atoms in total. The van der Waals surface area contributed by atoms with Crippen LogP contribution in [0.4, 0.5) is 0 Å². The van der Waals surface area contributed by atoms with Gasteiger partial charge in [0.1, 0.15) is 0 Å². The van der Waals surface area contributed by atoms with E-state index in [1.165, 1.54) is 25.7 Å². The van der Waals surface area contributed by atoms with Crippen molar-refractivity contribution in [2.45, 2.75) is 55.9 Å². The van der Waals surface area contributed by atoms with Crippen LogP contribution >= 0.6 is 28.4 Å². The number of fused-ring (bicyclic) bond motifs is 1. The first-order chi connectivity index (χ1) is 5.73. The van der Waals surface area contributed by atoms with Gasteiger partial charge in [-0.25, -0.2) is 0 Å². The fourth-order valence-electron chi connectivity index (χ4n) is 2.76. The topological polar surface area (TPSA) is 0 Å². The second-order valence-corrected chi connectivity index (χ2v) is 12.6. The van der Waals surface area contributed by atoms with Crippen molar-refractivity contribution in [1.29, 1.82) is 0 Å². The molecular formula is C10H19IS. The number of hydrogen-bond acceptors (Lipinski definition) is 0. The van der Waals surface area contributed by atoms with Gasteiger partial charge in [-0.3, -0.25) is 0 Å². The average molecular weight is 298 g/mol. The largest absolute Gasteiger partial charge is 0.182 e. The van der Waals surface area contributed by atoms with E-state index in [9.17, 15) is 0 Å². The molecule has 3 unspecified atom stereocenters. The van der Waals surface area contributed by atoms with E-state index < -0.39 is 0 Å². The van der Waals surface area contributed by atoms with Crippen LogP contribution in [0.3, 0.4) is 0 Å². The van der Waals surface area contributed by atoms with E-state index in [2.05, 4.69) is 28.1 Å². The lowest BCUT2D eigenvalue weighted by atomic mass is 10.1. The van der Waals surface area contributed by atoms with Gasteiger partial charge < -0.3 is 0 Å². The van der Waals surface area contributed by atoms with Crippen LogP contribution in [-0.4, -0.2) is 16.3 Å². The summed E-state index contributed by atoms with van der Waals surface area (Å²) in [4.78, 5) is 0. The SMILES string of the molecule is CC1CCCC2CCCCS12I. The van der Waals surface area contributed by atoms with Gasteiger partial charge >= 0.3 is 0 Å². The normalized spacial score (nSPS) is 53.8. The third-order valence-electron chi connectivity index (χ3n) is 3.59. The molecule has 2 heteroatoms. The second-order valence-electron chi connectivity index (χ2n) is 4.32. The molecule has 0 radical (unpaired) electrons. The zero-order chi connectivity index (χ0) is 8.60. The Balaban J connectivity index is 2.14. The minimum absolute atomic E-state index is 0.191. The van der Waals surface area contributed by atoms with Gasteiger partial charge in [0.15, 0.2) is 0 Å². The Morgan fingerprint density at radius 3 is 2.58 bits per heavy atom. The van der Waals surface area contributed by atoms with E-state index in [-0.39, 0.29) is 7.20 Å². The highest BCUT2D eigenvalue weighted by Gasteiger charge is 2.40. The summed E-state index contributed by atoms with van der Waals surface area (Å²) in [5.41, 5.74) is 0. The number of halogens is 1. The molecule has 0 spiro atoms. The van der Waals surface area contributed by atoms with Gasteiger partial charge in [-0.15, -0.1) is 0 Å². The first kappa shape index (κ1) is 9.63. The fourth-order valence-corrected chi connectivity index (χ4v) is 9.69. The molecule has 3 atom stereocenters.